The first-order valence-electron chi connectivity index (χ1n) is 6.88. The average molecular weight is 243 g/mol. The highest BCUT2D eigenvalue weighted by Crippen LogP contribution is 2.26. The lowest BCUT2D eigenvalue weighted by Gasteiger charge is -2.28. The molecule has 18 heavy (non-hydrogen) atoms. The molecule has 1 N–H and O–H groups in total. The van der Waals surface area contributed by atoms with Crippen LogP contribution in [0.1, 0.15) is 50.3 Å². The van der Waals surface area contributed by atoms with Crippen LogP contribution in [0.2, 0.25) is 0 Å². The van der Waals surface area contributed by atoms with Crippen molar-refractivity contribution in [3.05, 3.63) is 29.6 Å². The smallest absolute Gasteiger partial charge is 0.140 e. The summed E-state index contributed by atoms with van der Waals surface area (Å²) in [5, 5.41) is 12.4. The van der Waals surface area contributed by atoms with E-state index < -0.39 is 0 Å². The molecule has 0 bridgehead atoms. The minimum atomic E-state index is 0.500. The number of nitrogens with zero attached hydrogens (tertiary/aromatic N) is 2. The van der Waals surface area contributed by atoms with Gasteiger partial charge in [-0.3, -0.25) is 0 Å². The Kier molecular flexibility index (Phi) is 4.72. The van der Waals surface area contributed by atoms with E-state index in [2.05, 4.69) is 23.3 Å². The average Bonchev–Trinajstić information content (AvgIpc) is 2.46. The van der Waals surface area contributed by atoms with Gasteiger partial charge in [-0.05, 0) is 43.4 Å². The maximum Gasteiger partial charge on any atom is 0.140 e. The van der Waals surface area contributed by atoms with Gasteiger partial charge < -0.3 is 5.32 Å². The molecule has 1 aromatic heterocycles. The SMILES string of the molecule is C[C@@H](NCc1ccnc(C#N)c1)C1CCCCC1. The number of hydrogen-bond acceptors (Lipinski definition) is 3. The van der Waals surface area contributed by atoms with Gasteiger partial charge in [-0.25, -0.2) is 4.98 Å². The Balaban J connectivity index is 1.84. The van der Waals surface area contributed by atoms with Gasteiger partial charge in [0.2, 0.25) is 0 Å². The number of aromatic nitrogens is 1. The van der Waals surface area contributed by atoms with E-state index in [1.165, 1.54) is 32.1 Å². The Hall–Kier alpha value is -1.40. The van der Waals surface area contributed by atoms with Crippen molar-refractivity contribution < 1.29 is 0 Å². The largest absolute Gasteiger partial charge is 0.310 e. The fourth-order valence-electron chi connectivity index (χ4n) is 2.73. The van der Waals surface area contributed by atoms with Gasteiger partial charge in [-0.1, -0.05) is 19.3 Å². The quantitative estimate of drug-likeness (QED) is 0.884. The van der Waals surface area contributed by atoms with Crippen LogP contribution in [0.4, 0.5) is 0 Å². The molecule has 0 unspecified atom stereocenters. The molecular weight excluding hydrogens is 222 g/mol. The fraction of sp³-hybridized carbons (Fsp3) is 0.600. The zero-order chi connectivity index (χ0) is 12.8. The molecule has 96 valence electrons. The molecular formula is C15H21N3. The minimum Gasteiger partial charge on any atom is -0.310 e. The lowest BCUT2D eigenvalue weighted by molar-refractivity contribution is 0.280. The standard InChI is InChI=1S/C15H21N3/c1-12(14-5-3-2-4-6-14)18-11-13-7-8-17-15(9-13)10-16/h7-9,12,14,18H,2-6,11H2,1H3/t12-/m1/s1. The predicted octanol–water partition coefficient (Wildman–Crippen LogP) is 3.01. The van der Waals surface area contributed by atoms with Gasteiger partial charge in [0, 0.05) is 18.8 Å². The van der Waals surface area contributed by atoms with Gasteiger partial charge in [0.05, 0.1) is 0 Å². The third kappa shape index (κ3) is 3.54. The number of rotatable bonds is 4. The maximum absolute atomic E-state index is 8.81. The molecule has 1 heterocycles. The zero-order valence-electron chi connectivity index (χ0n) is 11.0. The molecule has 3 nitrogen and oxygen atoms in total. The van der Waals surface area contributed by atoms with Crippen LogP contribution >= 0.6 is 0 Å². The van der Waals surface area contributed by atoms with Crippen molar-refractivity contribution in [1.29, 1.82) is 5.26 Å². The van der Waals surface area contributed by atoms with Crippen LogP contribution in [0.25, 0.3) is 0 Å². The lowest BCUT2D eigenvalue weighted by Crippen LogP contribution is -2.34. The number of nitrogens with one attached hydrogen (secondary N) is 1. The summed E-state index contributed by atoms with van der Waals surface area (Å²) in [6, 6.07) is 6.47. The van der Waals surface area contributed by atoms with Crippen LogP contribution in [0.15, 0.2) is 18.3 Å². The molecule has 0 saturated heterocycles. The van der Waals surface area contributed by atoms with Crippen LogP contribution in [-0.4, -0.2) is 11.0 Å². The third-order valence-corrected chi connectivity index (χ3v) is 3.92. The number of hydrogen-bond donors (Lipinski definition) is 1. The molecule has 0 spiro atoms. The molecule has 1 saturated carbocycles. The second-order valence-corrected chi connectivity index (χ2v) is 5.23. The minimum absolute atomic E-state index is 0.500. The van der Waals surface area contributed by atoms with E-state index in [0.717, 1.165) is 18.0 Å². The third-order valence-electron chi connectivity index (χ3n) is 3.92. The lowest BCUT2D eigenvalue weighted by atomic mass is 9.84. The Morgan fingerprint density at radius 1 is 1.44 bits per heavy atom. The monoisotopic (exact) mass is 243 g/mol. The second kappa shape index (κ2) is 6.51. The molecule has 1 fully saturated rings. The summed E-state index contributed by atoms with van der Waals surface area (Å²) in [7, 11) is 0. The van der Waals surface area contributed by atoms with E-state index in [4.69, 9.17) is 5.26 Å². The van der Waals surface area contributed by atoms with Crippen LogP contribution in [0.5, 0.6) is 0 Å². The first kappa shape index (κ1) is 13.0. The van der Waals surface area contributed by atoms with E-state index >= 15 is 0 Å². The zero-order valence-corrected chi connectivity index (χ0v) is 11.0. The summed E-state index contributed by atoms with van der Waals surface area (Å²) in [5.74, 6) is 0.816. The highest BCUT2D eigenvalue weighted by atomic mass is 14.9. The molecule has 2 rings (SSSR count). The van der Waals surface area contributed by atoms with Gasteiger partial charge in [-0.15, -0.1) is 0 Å². The summed E-state index contributed by atoms with van der Waals surface area (Å²) in [5.41, 5.74) is 1.64. The molecule has 3 heteroatoms. The van der Waals surface area contributed by atoms with Gasteiger partial charge >= 0.3 is 0 Å². The molecule has 0 radical (unpaired) electrons. The Morgan fingerprint density at radius 2 is 2.22 bits per heavy atom. The summed E-state index contributed by atoms with van der Waals surface area (Å²) < 4.78 is 0. The fourth-order valence-corrected chi connectivity index (χ4v) is 2.73. The topological polar surface area (TPSA) is 48.7 Å². The highest BCUT2D eigenvalue weighted by Gasteiger charge is 2.19. The van der Waals surface area contributed by atoms with Crippen molar-refractivity contribution in [3.8, 4) is 6.07 Å². The summed E-state index contributed by atoms with van der Waals surface area (Å²) in [4.78, 5) is 3.99. The van der Waals surface area contributed by atoms with Crippen molar-refractivity contribution in [1.82, 2.24) is 10.3 Å². The summed E-state index contributed by atoms with van der Waals surface area (Å²) >= 11 is 0. The van der Waals surface area contributed by atoms with Crippen molar-refractivity contribution in [3.63, 3.8) is 0 Å². The van der Waals surface area contributed by atoms with Gasteiger partial charge in [0.1, 0.15) is 11.8 Å². The number of nitriles is 1. The molecule has 1 aliphatic rings. The van der Waals surface area contributed by atoms with Crippen molar-refractivity contribution in [2.45, 2.75) is 51.6 Å². The number of pyridine rings is 1. The van der Waals surface area contributed by atoms with E-state index in [9.17, 15) is 0 Å². The molecule has 1 aliphatic carbocycles. The Bertz CT molecular complexity index is 416. The van der Waals surface area contributed by atoms with Crippen LogP contribution in [0, 0.1) is 17.2 Å². The van der Waals surface area contributed by atoms with Crippen LogP contribution < -0.4 is 5.32 Å². The van der Waals surface area contributed by atoms with Crippen molar-refractivity contribution in [2.75, 3.05) is 0 Å². The predicted molar refractivity (Wildman–Crippen MR) is 71.8 cm³/mol. The first-order chi connectivity index (χ1) is 8.79. The Morgan fingerprint density at radius 3 is 2.94 bits per heavy atom. The molecule has 0 aromatic carbocycles. The molecule has 1 atom stereocenters. The van der Waals surface area contributed by atoms with E-state index in [1.54, 1.807) is 6.20 Å². The van der Waals surface area contributed by atoms with E-state index in [-0.39, 0.29) is 0 Å². The van der Waals surface area contributed by atoms with Gasteiger partial charge in [-0.2, -0.15) is 5.26 Å². The van der Waals surface area contributed by atoms with E-state index in [0.29, 0.717) is 11.7 Å². The Labute approximate surface area is 109 Å². The van der Waals surface area contributed by atoms with Crippen LogP contribution in [-0.2, 0) is 6.54 Å². The van der Waals surface area contributed by atoms with Gasteiger partial charge in [0.25, 0.3) is 0 Å². The van der Waals surface area contributed by atoms with Crippen molar-refractivity contribution in [2.24, 2.45) is 5.92 Å². The first-order valence-corrected chi connectivity index (χ1v) is 6.88. The van der Waals surface area contributed by atoms with Crippen LogP contribution in [0.3, 0.4) is 0 Å². The molecule has 1 aromatic rings. The summed E-state index contributed by atoms with van der Waals surface area (Å²) in [6.45, 7) is 3.11. The second-order valence-electron chi connectivity index (χ2n) is 5.23. The highest BCUT2D eigenvalue weighted by molar-refractivity contribution is 5.25. The normalized spacial score (nSPS) is 18.2. The van der Waals surface area contributed by atoms with Crippen molar-refractivity contribution >= 4 is 0 Å². The van der Waals surface area contributed by atoms with Gasteiger partial charge in [0.15, 0.2) is 0 Å². The van der Waals surface area contributed by atoms with E-state index in [1.807, 2.05) is 12.1 Å². The maximum atomic E-state index is 8.81. The molecule has 0 aliphatic heterocycles. The molecule has 0 amide bonds. The summed E-state index contributed by atoms with van der Waals surface area (Å²) in [6.07, 6.45) is 8.58.